The Balaban J connectivity index is 1.76. The number of carbonyl (C=O) groups is 1. The van der Waals surface area contributed by atoms with Crippen molar-refractivity contribution in [2.24, 2.45) is 0 Å². The first-order valence-corrected chi connectivity index (χ1v) is 9.32. The number of hydrogen-bond acceptors (Lipinski definition) is 4. The first kappa shape index (κ1) is 16.0. The minimum atomic E-state index is -0.116. The molecular formula is C22H20N4O. The number of anilines is 1. The van der Waals surface area contributed by atoms with Gasteiger partial charge in [-0.1, -0.05) is 24.3 Å². The van der Waals surface area contributed by atoms with E-state index in [9.17, 15) is 4.79 Å². The van der Waals surface area contributed by atoms with Gasteiger partial charge in [0.05, 0.1) is 11.4 Å². The molecule has 5 rings (SSSR count). The second-order valence-corrected chi connectivity index (χ2v) is 7.11. The molecule has 2 aliphatic rings. The highest BCUT2D eigenvalue weighted by Crippen LogP contribution is 2.46. The average molecular weight is 356 g/mol. The highest BCUT2D eigenvalue weighted by atomic mass is 16.1. The largest absolute Gasteiger partial charge is 0.343 e. The number of hydrogen-bond donors (Lipinski definition) is 1. The molecule has 1 aliphatic carbocycles. The van der Waals surface area contributed by atoms with Gasteiger partial charge in [0.15, 0.2) is 5.78 Å². The Bertz CT molecular complexity index is 1050. The van der Waals surface area contributed by atoms with Crippen LogP contribution in [0.3, 0.4) is 0 Å². The van der Waals surface area contributed by atoms with Gasteiger partial charge in [-0.25, -0.2) is 4.68 Å². The number of aromatic nitrogens is 3. The smallest absolute Gasteiger partial charge is 0.161 e. The molecule has 5 nitrogen and oxygen atoms in total. The number of nitrogens with one attached hydrogen (secondary N) is 1. The van der Waals surface area contributed by atoms with Crippen LogP contribution >= 0.6 is 0 Å². The number of ketones is 1. The van der Waals surface area contributed by atoms with Gasteiger partial charge in [-0.2, -0.15) is 5.10 Å². The number of pyridine rings is 1. The summed E-state index contributed by atoms with van der Waals surface area (Å²) in [5, 5.41) is 8.37. The number of rotatable bonds is 2. The quantitative estimate of drug-likeness (QED) is 0.750. The van der Waals surface area contributed by atoms with Crippen LogP contribution in [0.4, 0.5) is 5.82 Å². The topological polar surface area (TPSA) is 59.8 Å². The summed E-state index contributed by atoms with van der Waals surface area (Å²) < 4.78 is 1.96. The van der Waals surface area contributed by atoms with Crippen molar-refractivity contribution in [1.82, 2.24) is 14.8 Å². The lowest BCUT2D eigenvalue weighted by atomic mass is 9.76. The van der Waals surface area contributed by atoms with Crippen molar-refractivity contribution >= 4 is 11.6 Å². The van der Waals surface area contributed by atoms with Crippen molar-refractivity contribution in [3.63, 3.8) is 0 Å². The van der Waals surface area contributed by atoms with Crippen molar-refractivity contribution in [2.75, 3.05) is 5.32 Å². The number of fused-ring (bicyclic) bond motifs is 1. The van der Waals surface area contributed by atoms with E-state index in [0.29, 0.717) is 6.42 Å². The van der Waals surface area contributed by atoms with Crippen LogP contribution in [0.5, 0.6) is 0 Å². The summed E-state index contributed by atoms with van der Waals surface area (Å²) in [7, 11) is 0. The van der Waals surface area contributed by atoms with Crippen molar-refractivity contribution in [2.45, 2.75) is 32.1 Å². The molecule has 0 saturated carbocycles. The number of Topliss-reactive ketones (excluding diaryl/α,β-unsaturated/α-hetero) is 1. The van der Waals surface area contributed by atoms with E-state index < -0.39 is 0 Å². The van der Waals surface area contributed by atoms with Gasteiger partial charge in [-0.3, -0.25) is 9.78 Å². The fraction of sp³-hybridized carbons (Fsp3) is 0.227. The van der Waals surface area contributed by atoms with Crippen LogP contribution < -0.4 is 5.32 Å². The molecule has 0 spiro atoms. The van der Waals surface area contributed by atoms with E-state index in [1.165, 1.54) is 0 Å². The first-order valence-electron chi connectivity index (χ1n) is 9.32. The second-order valence-electron chi connectivity index (χ2n) is 7.11. The lowest BCUT2D eigenvalue weighted by molar-refractivity contribution is -0.116. The van der Waals surface area contributed by atoms with E-state index in [1.807, 2.05) is 54.2 Å². The number of allylic oxidation sites excluding steroid dienone is 2. The molecule has 0 saturated heterocycles. The van der Waals surface area contributed by atoms with Gasteiger partial charge in [-0.05, 0) is 43.5 Å². The second kappa shape index (κ2) is 6.20. The van der Waals surface area contributed by atoms with E-state index in [4.69, 9.17) is 5.10 Å². The molecular weight excluding hydrogens is 336 g/mol. The predicted molar refractivity (Wildman–Crippen MR) is 104 cm³/mol. The Morgan fingerprint density at radius 1 is 1.11 bits per heavy atom. The van der Waals surface area contributed by atoms with Gasteiger partial charge in [0, 0.05) is 41.6 Å². The summed E-state index contributed by atoms with van der Waals surface area (Å²) >= 11 is 0. The van der Waals surface area contributed by atoms with Gasteiger partial charge < -0.3 is 5.32 Å². The monoisotopic (exact) mass is 356 g/mol. The lowest BCUT2D eigenvalue weighted by Gasteiger charge is -2.32. The van der Waals surface area contributed by atoms with E-state index in [-0.39, 0.29) is 11.7 Å². The third-order valence-corrected chi connectivity index (χ3v) is 5.43. The summed E-state index contributed by atoms with van der Waals surface area (Å²) in [5.74, 6) is 1.08. The summed E-state index contributed by atoms with van der Waals surface area (Å²) in [5.41, 5.74) is 5.97. The normalized spacial score (nSPS) is 18.7. The van der Waals surface area contributed by atoms with Crippen LogP contribution in [0.1, 0.15) is 42.0 Å². The zero-order valence-electron chi connectivity index (χ0n) is 15.1. The van der Waals surface area contributed by atoms with E-state index >= 15 is 0 Å². The van der Waals surface area contributed by atoms with Crippen LogP contribution in [0.25, 0.3) is 5.69 Å². The van der Waals surface area contributed by atoms with Gasteiger partial charge in [0.25, 0.3) is 0 Å². The third-order valence-electron chi connectivity index (χ3n) is 5.43. The molecule has 0 fully saturated rings. The van der Waals surface area contributed by atoms with Crippen LogP contribution in [0.15, 0.2) is 66.1 Å². The molecule has 1 aliphatic heterocycles. The van der Waals surface area contributed by atoms with Gasteiger partial charge >= 0.3 is 0 Å². The van der Waals surface area contributed by atoms with Gasteiger partial charge in [0.1, 0.15) is 5.82 Å². The number of para-hydroxylation sites is 1. The predicted octanol–water partition coefficient (Wildman–Crippen LogP) is 4.14. The highest BCUT2D eigenvalue weighted by molar-refractivity contribution is 6.01. The Kier molecular flexibility index (Phi) is 3.67. The summed E-state index contributed by atoms with van der Waals surface area (Å²) in [6, 6.07) is 14.1. The van der Waals surface area contributed by atoms with Gasteiger partial charge in [-0.15, -0.1) is 0 Å². The minimum absolute atomic E-state index is 0.116. The molecule has 0 radical (unpaired) electrons. The lowest BCUT2D eigenvalue weighted by Crippen LogP contribution is -2.27. The van der Waals surface area contributed by atoms with Crippen molar-refractivity contribution in [3.05, 3.63) is 82.9 Å². The number of carbonyl (C=O) groups excluding carboxylic acids is 1. The van der Waals surface area contributed by atoms with E-state index in [1.54, 1.807) is 6.20 Å². The highest BCUT2D eigenvalue weighted by Gasteiger charge is 2.38. The maximum absolute atomic E-state index is 12.9. The minimum Gasteiger partial charge on any atom is -0.343 e. The average Bonchev–Trinajstić information content (AvgIpc) is 3.04. The standard InChI is InChI=1S/C22H20N4O/c1-14-19-20(15-7-6-12-23-13-15)21-17(10-5-11-18(21)27)24-22(19)26(25-14)16-8-3-2-4-9-16/h2-4,6-9,12-13,20,24H,5,10-11H2,1H3/t20-/m1/s1. The van der Waals surface area contributed by atoms with Crippen LogP contribution in [0, 0.1) is 6.92 Å². The summed E-state index contributed by atoms with van der Waals surface area (Å²) in [6.07, 6.45) is 6.02. The molecule has 3 heterocycles. The van der Waals surface area contributed by atoms with E-state index in [2.05, 4.69) is 16.4 Å². The number of nitrogens with zero attached hydrogens (tertiary/aromatic N) is 3. The molecule has 3 aromatic rings. The van der Waals surface area contributed by atoms with Crippen molar-refractivity contribution in [1.29, 1.82) is 0 Å². The molecule has 0 bridgehead atoms. The molecule has 27 heavy (non-hydrogen) atoms. The molecule has 0 unspecified atom stereocenters. The fourth-order valence-corrected chi connectivity index (χ4v) is 4.26. The molecule has 5 heteroatoms. The Morgan fingerprint density at radius 2 is 1.96 bits per heavy atom. The zero-order valence-corrected chi connectivity index (χ0v) is 15.1. The molecule has 1 aromatic carbocycles. The SMILES string of the molecule is Cc1nn(-c2ccccc2)c2c1[C@@H](c1cccnc1)C1=C(CCCC1=O)N2. The van der Waals surface area contributed by atoms with Gasteiger partial charge in [0.2, 0.25) is 0 Å². The third kappa shape index (κ3) is 2.50. The Labute approximate surface area is 157 Å². The number of aryl methyl sites for hydroxylation is 1. The van der Waals surface area contributed by atoms with E-state index in [0.717, 1.165) is 52.4 Å². The summed E-state index contributed by atoms with van der Waals surface area (Å²) in [4.78, 5) is 17.2. The summed E-state index contributed by atoms with van der Waals surface area (Å²) in [6.45, 7) is 2.02. The molecule has 1 N–H and O–H groups in total. The van der Waals surface area contributed by atoms with Crippen LogP contribution in [-0.2, 0) is 4.79 Å². The first-order chi connectivity index (χ1) is 13.2. The Morgan fingerprint density at radius 3 is 2.74 bits per heavy atom. The zero-order chi connectivity index (χ0) is 18.4. The molecule has 1 atom stereocenters. The van der Waals surface area contributed by atoms with Crippen molar-refractivity contribution < 1.29 is 4.79 Å². The number of benzene rings is 1. The molecule has 134 valence electrons. The maximum atomic E-state index is 12.9. The van der Waals surface area contributed by atoms with Crippen LogP contribution in [0.2, 0.25) is 0 Å². The molecule has 0 amide bonds. The van der Waals surface area contributed by atoms with Crippen molar-refractivity contribution in [3.8, 4) is 5.69 Å². The Hall–Kier alpha value is -3.21. The van der Waals surface area contributed by atoms with Crippen LogP contribution in [-0.4, -0.2) is 20.5 Å². The fourth-order valence-electron chi connectivity index (χ4n) is 4.26. The molecule has 2 aromatic heterocycles. The maximum Gasteiger partial charge on any atom is 0.161 e.